The number of hydrogen-bond acceptors (Lipinski definition) is 2. The lowest BCUT2D eigenvalue weighted by atomic mass is 9.94. The maximum atomic E-state index is 9.13. The number of allylic oxidation sites excluding steroid dienone is 1. The van der Waals surface area contributed by atoms with Gasteiger partial charge in [0.2, 0.25) is 0 Å². The first-order valence-electron chi connectivity index (χ1n) is 5.62. The van der Waals surface area contributed by atoms with Crippen molar-refractivity contribution in [3.63, 3.8) is 0 Å². The van der Waals surface area contributed by atoms with Crippen molar-refractivity contribution in [3.8, 4) is 12.1 Å². The van der Waals surface area contributed by atoms with E-state index >= 15 is 0 Å². The summed E-state index contributed by atoms with van der Waals surface area (Å²) in [6, 6.07) is 20.4. The molecule has 2 aromatic carbocycles. The Morgan fingerprint density at radius 1 is 0.842 bits per heavy atom. The minimum absolute atomic E-state index is 0.0773. The number of hydrogen-bond donors (Lipinski definition) is 0. The second-order valence-electron chi connectivity index (χ2n) is 3.85. The van der Waals surface area contributed by atoms with Crippen molar-refractivity contribution in [3.05, 3.63) is 76.3 Å². The Bertz CT molecular complexity index is 688. The van der Waals surface area contributed by atoms with Crippen LogP contribution in [0.3, 0.4) is 0 Å². The molecule has 0 aromatic heterocycles. The lowest BCUT2D eigenvalue weighted by Crippen LogP contribution is -1.92. The Hall–Kier alpha value is -2.55. The number of nitrogens with zero attached hydrogens (tertiary/aromatic N) is 2. The van der Waals surface area contributed by atoms with Crippen molar-refractivity contribution in [1.29, 1.82) is 10.5 Å². The number of halogens is 1. The molecule has 3 heteroatoms. The molecule has 0 N–H and O–H groups in total. The average molecular weight is 265 g/mol. The molecule has 0 aliphatic heterocycles. The van der Waals surface area contributed by atoms with E-state index in [-0.39, 0.29) is 5.57 Å². The van der Waals surface area contributed by atoms with Gasteiger partial charge in [-0.2, -0.15) is 10.5 Å². The van der Waals surface area contributed by atoms with Gasteiger partial charge in [-0.1, -0.05) is 54.1 Å². The van der Waals surface area contributed by atoms with Crippen molar-refractivity contribution < 1.29 is 0 Å². The lowest BCUT2D eigenvalue weighted by molar-refractivity contribution is 1.44. The van der Waals surface area contributed by atoms with Crippen molar-refractivity contribution in [2.75, 3.05) is 0 Å². The molecule has 0 saturated carbocycles. The zero-order valence-corrected chi connectivity index (χ0v) is 10.7. The van der Waals surface area contributed by atoms with Crippen LogP contribution in [0.25, 0.3) is 5.57 Å². The first-order chi connectivity index (χ1) is 9.26. The second-order valence-corrected chi connectivity index (χ2v) is 4.29. The molecule has 0 bridgehead atoms. The lowest BCUT2D eigenvalue weighted by Gasteiger charge is -2.08. The average Bonchev–Trinajstić information content (AvgIpc) is 2.45. The maximum absolute atomic E-state index is 9.13. The second kappa shape index (κ2) is 5.87. The zero-order valence-electron chi connectivity index (χ0n) is 9.97. The Morgan fingerprint density at radius 3 is 2.05 bits per heavy atom. The minimum Gasteiger partial charge on any atom is -0.192 e. The summed E-state index contributed by atoms with van der Waals surface area (Å²) in [6.07, 6.45) is 0. The van der Waals surface area contributed by atoms with Gasteiger partial charge in [-0.05, 0) is 23.3 Å². The smallest absolute Gasteiger partial charge is 0.138 e. The third kappa shape index (κ3) is 2.83. The van der Waals surface area contributed by atoms with Crippen LogP contribution >= 0.6 is 11.6 Å². The van der Waals surface area contributed by atoms with Crippen LogP contribution in [-0.4, -0.2) is 0 Å². The van der Waals surface area contributed by atoms with Gasteiger partial charge >= 0.3 is 0 Å². The Kier molecular flexibility index (Phi) is 3.98. The highest BCUT2D eigenvalue weighted by Crippen LogP contribution is 2.28. The van der Waals surface area contributed by atoms with Crippen molar-refractivity contribution in [1.82, 2.24) is 0 Å². The van der Waals surface area contributed by atoms with Crippen LogP contribution in [0.1, 0.15) is 11.1 Å². The Balaban J connectivity index is 2.72. The molecule has 0 aliphatic carbocycles. The Labute approximate surface area is 116 Å². The molecule has 0 spiro atoms. The highest BCUT2D eigenvalue weighted by atomic mass is 35.5. The molecular formula is C16H9ClN2. The molecule has 0 unspecified atom stereocenters. The summed E-state index contributed by atoms with van der Waals surface area (Å²) >= 11 is 5.98. The van der Waals surface area contributed by atoms with Crippen LogP contribution < -0.4 is 0 Å². The summed E-state index contributed by atoms with van der Waals surface area (Å²) < 4.78 is 0. The normalized spacial score (nSPS) is 9.21. The quantitative estimate of drug-likeness (QED) is 0.764. The standard InChI is InChI=1S/C16H9ClN2/c17-15-8-4-7-13(9-15)16(14(10-18)11-19)12-5-2-1-3-6-12/h1-9H. The van der Waals surface area contributed by atoms with E-state index < -0.39 is 0 Å². The van der Waals surface area contributed by atoms with E-state index in [0.29, 0.717) is 10.6 Å². The maximum Gasteiger partial charge on any atom is 0.138 e. The van der Waals surface area contributed by atoms with Crippen molar-refractivity contribution in [2.45, 2.75) is 0 Å². The van der Waals surface area contributed by atoms with E-state index in [1.165, 1.54) is 0 Å². The van der Waals surface area contributed by atoms with Crippen LogP contribution in [0.5, 0.6) is 0 Å². The molecule has 0 atom stereocenters. The fraction of sp³-hybridized carbons (Fsp3) is 0. The fourth-order valence-corrected chi connectivity index (χ4v) is 2.03. The summed E-state index contributed by atoms with van der Waals surface area (Å²) in [4.78, 5) is 0. The van der Waals surface area contributed by atoms with Gasteiger partial charge in [0.25, 0.3) is 0 Å². The van der Waals surface area contributed by atoms with Crippen molar-refractivity contribution >= 4 is 17.2 Å². The third-order valence-corrected chi connectivity index (χ3v) is 2.88. The molecule has 0 aliphatic rings. The van der Waals surface area contributed by atoms with Gasteiger partial charge < -0.3 is 0 Å². The molecule has 0 saturated heterocycles. The summed E-state index contributed by atoms with van der Waals surface area (Å²) in [5.41, 5.74) is 2.27. The van der Waals surface area contributed by atoms with Crippen LogP contribution in [-0.2, 0) is 0 Å². The van der Waals surface area contributed by atoms with Crippen LogP contribution in [0.4, 0.5) is 0 Å². The van der Waals surface area contributed by atoms with Crippen LogP contribution in [0.2, 0.25) is 5.02 Å². The van der Waals surface area contributed by atoms with Gasteiger partial charge in [0, 0.05) is 10.6 Å². The van der Waals surface area contributed by atoms with Gasteiger partial charge in [-0.3, -0.25) is 0 Å². The molecule has 90 valence electrons. The number of rotatable bonds is 2. The van der Waals surface area contributed by atoms with E-state index in [2.05, 4.69) is 0 Å². The van der Waals surface area contributed by atoms with Gasteiger partial charge in [-0.15, -0.1) is 0 Å². The predicted molar refractivity (Wildman–Crippen MR) is 75.1 cm³/mol. The van der Waals surface area contributed by atoms with Crippen molar-refractivity contribution in [2.24, 2.45) is 0 Å². The summed E-state index contributed by atoms with van der Waals surface area (Å²) in [5.74, 6) is 0. The highest BCUT2D eigenvalue weighted by Gasteiger charge is 2.11. The third-order valence-electron chi connectivity index (χ3n) is 2.65. The number of benzene rings is 2. The Morgan fingerprint density at radius 2 is 1.47 bits per heavy atom. The molecule has 2 aromatic rings. The highest BCUT2D eigenvalue weighted by molar-refractivity contribution is 6.30. The first kappa shape index (κ1) is 12.9. The SMILES string of the molecule is N#CC(C#N)=C(c1ccccc1)c1cccc(Cl)c1. The molecule has 2 nitrogen and oxygen atoms in total. The molecule has 2 rings (SSSR count). The van der Waals surface area contributed by atoms with E-state index in [4.69, 9.17) is 22.1 Å². The topological polar surface area (TPSA) is 47.6 Å². The van der Waals surface area contributed by atoms with E-state index in [1.54, 1.807) is 18.2 Å². The van der Waals surface area contributed by atoms with Gasteiger partial charge in [0.15, 0.2) is 0 Å². The molecule has 0 amide bonds. The summed E-state index contributed by atoms with van der Waals surface area (Å²) in [5, 5.41) is 18.8. The largest absolute Gasteiger partial charge is 0.192 e. The van der Waals surface area contributed by atoms with Gasteiger partial charge in [0.1, 0.15) is 17.7 Å². The minimum atomic E-state index is 0.0773. The first-order valence-corrected chi connectivity index (χ1v) is 6.00. The monoisotopic (exact) mass is 264 g/mol. The molecule has 0 fully saturated rings. The molecule has 19 heavy (non-hydrogen) atoms. The fourth-order valence-electron chi connectivity index (χ4n) is 1.84. The summed E-state index contributed by atoms with van der Waals surface area (Å²) in [6.45, 7) is 0. The van der Waals surface area contributed by atoms with E-state index in [0.717, 1.165) is 11.1 Å². The number of nitriles is 2. The molecular weight excluding hydrogens is 256 g/mol. The van der Waals surface area contributed by atoms with E-state index in [1.807, 2.05) is 48.5 Å². The van der Waals surface area contributed by atoms with Gasteiger partial charge in [-0.25, -0.2) is 0 Å². The van der Waals surface area contributed by atoms with E-state index in [9.17, 15) is 0 Å². The molecule has 0 radical (unpaired) electrons. The van der Waals surface area contributed by atoms with Gasteiger partial charge in [0.05, 0.1) is 0 Å². The summed E-state index contributed by atoms with van der Waals surface area (Å²) in [7, 11) is 0. The zero-order chi connectivity index (χ0) is 13.7. The van der Waals surface area contributed by atoms with Crippen LogP contribution in [0.15, 0.2) is 60.2 Å². The molecule has 0 heterocycles. The van der Waals surface area contributed by atoms with Crippen LogP contribution in [0, 0.1) is 22.7 Å². The predicted octanol–water partition coefficient (Wildman–Crippen LogP) is 4.19.